The van der Waals surface area contributed by atoms with Crippen LogP contribution in [0.1, 0.15) is 106 Å². The first kappa shape index (κ1) is 47.6. The fourth-order valence-electron chi connectivity index (χ4n) is 14.9. The molecule has 8 saturated carbocycles. The first-order valence-electron chi connectivity index (χ1n) is 24.5. The summed E-state index contributed by atoms with van der Waals surface area (Å²) in [4.78, 5) is 0. The summed E-state index contributed by atoms with van der Waals surface area (Å²) in [6.45, 7) is 6.10. The molecule has 65 heavy (non-hydrogen) atoms. The van der Waals surface area contributed by atoms with Crippen molar-refractivity contribution in [2.45, 2.75) is 129 Å². The molecule has 8 aliphatic rings. The standard InChI is InChI=1S/2C27H29.C4H7F3Si.2ClH.Zr/c2*1-18-5-7-23(8-6-18)25-4-2-3-24-12-22(13-26(24)25)17-27-14-19-9-20(15-27)11-21(10-19)16-27;1-8-3-2-4(5,6)7;;;/h2*2-8,12-13,19-21H,9-11,14-17H2,1H3;2-3H2,1H3;2*1H;/q2*-1;;;;+4/p-2. The van der Waals surface area contributed by atoms with Crippen molar-refractivity contribution in [1.82, 2.24) is 0 Å². The van der Waals surface area contributed by atoms with Gasteiger partial charge in [-0.1, -0.05) is 95.5 Å². The van der Waals surface area contributed by atoms with E-state index in [1.165, 1.54) is 106 Å². The van der Waals surface area contributed by atoms with Gasteiger partial charge < -0.3 is 0 Å². The van der Waals surface area contributed by atoms with E-state index in [1.807, 2.05) is 0 Å². The van der Waals surface area contributed by atoms with Crippen LogP contribution in [0.4, 0.5) is 13.2 Å². The van der Waals surface area contributed by atoms with Gasteiger partial charge in [0.05, 0.1) is 0 Å². The van der Waals surface area contributed by atoms with E-state index in [9.17, 15) is 13.2 Å². The summed E-state index contributed by atoms with van der Waals surface area (Å²) in [6, 6.07) is 42.0. The van der Waals surface area contributed by atoms with E-state index in [-0.39, 0.29) is 6.04 Å². The van der Waals surface area contributed by atoms with Gasteiger partial charge in [0.2, 0.25) is 0 Å². The van der Waals surface area contributed by atoms with Crippen molar-refractivity contribution >= 4 is 48.1 Å². The Hall–Kier alpha value is -2.43. The first-order valence-corrected chi connectivity index (χ1v) is 32.5. The SMILES string of the molecule is C[Si]CCC(F)(F)F.Cc1ccc(-c2cccc3[cH-]c(CC45CC6CC(CC(C6)C4)C5)cc23)cc1.Cc1ccc(-c2cccc3[cH-]c(CC45CC6CC(CC(C6)C4)C5)cc23)cc1.[Cl][Zr+2][Cl]. The summed E-state index contributed by atoms with van der Waals surface area (Å²) in [5.41, 5.74) is 12.6. The zero-order valence-corrected chi connectivity index (χ0v) is 43.5. The van der Waals surface area contributed by atoms with Crippen molar-refractivity contribution in [2.75, 3.05) is 0 Å². The van der Waals surface area contributed by atoms with Crippen LogP contribution in [0.2, 0.25) is 12.6 Å². The molecule has 0 aromatic heterocycles. The van der Waals surface area contributed by atoms with Crippen molar-refractivity contribution in [3.05, 3.63) is 131 Å². The molecule has 0 spiro atoms. The molecular weight excluding hydrogens is 944 g/mol. The summed E-state index contributed by atoms with van der Waals surface area (Å²) in [5, 5.41) is 5.74. The number of benzene rings is 4. The molecule has 0 N–H and O–H groups in total. The third-order valence-electron chi connectivity index (χ3n) is 16.5. The van der Waals surface area contributed by atoms with E-state index in [4.69, 9.17) is 17.0 Å². The molecule has 340 valence electrons. The molecule has 0 amide bonds. The molecule has 6 aromatic rings. The van der Waals surface area contributed by atoms with E-state index in [0.717, 1.165) is 35.5 Å². The molecule has 6 aromatic carbocycles. The van der Waals surface area contributed by atoms with Crippen molar-refractivity contribution < 1.29 is 34.0 Å². The van der Waals surface area contributed by atoms with Gasteiger partial charge in [-0.2, -0.15) is 25.3 Å². The number of fused-ring (bicyclic) bond motifs is 2. The molecule has 0 saturated heterocycles. The summed E-state index contributed by atoms with van der Waals surface area (Å²) in [7, 11) is 10.3. The van der Waals surface area contributed by atoms with Crippen LogP contribution in [0.3, 0.4) is 0 Å². The zero-order chi connectivity index (χ0) is 45.3. The predicted molar refractivity (Wildman–Crippen MR) is 267 cm³/mol. The minimum absolute atomic E-state index is 0.281. The monoisotopic (exact) mass is 1010 g/mol. The van der Waals surface area contributed by atoms with Gasteiger partial charge in [0.25, 0.3) is 0 Å². The molecule has 8 bridgehead atoms. The Morgan fingerprint density at radius 2 is 0.908 bits per heavy atom. The normalized spacial score (nSPS) is 27.9. The molecule has 8 aliphatic carbocycles. The predicted octanol–water partition coefficient (Wildman–Crippen LogP) is 18.1. The van der Waals surface area contributed by atoms with Gasteiger partial charge in [-0.25, -0.2) is 0 Å². The van der Waals surface area contributed by atoms with Gasteiger partial charge >= 0.3 is 44.1 Å². The Morgan fingerprint density at radius 3 is 1.20 bits per heavy atom. The van der Waals surface area contributed by atoms with E-state index < -0.39 is 33.4 Å². The van der Waals surface area contributed by atoms with Gasteiger partial charge in [0.15, 0.2) is 0 Å². The molecule has 0 atom stereocenters. The molecule has 2 radical (unpaired) electrons. The molecule has 7 heteroatoms. The summed E-state index contributed by atoms with van der Waals surface area (Å²) in [5.74, 6) is 6.27. The molecule has 0 unspecified atom stereocenters. The Kier molecular flexibility index (Phi) is 14.9. The van der Waals surface area contributed by atoms with E-state index >= 15 is 0 Å². The second-order valence-electron chi connectivity index (χ2n) is 21.8. The van der Waals surface area contributed by atoms with Gasteiger partial charge in [-0.15, -0.1) is 69.1 Å². The second-order valence-corrected chi connectivity index (χ2v) is 26.7. The van der Waals surface area contributed by atoms with Crippen molar-refractivity contribution in [3.8, 4) is 22.3 Å². The number of halogens is 5. The van der Waals surface area contributed by atoms with Gasteiger partial charge in [0, 0.05) is 15.9 Å². The van der Waals surface area contributed by atoms with Crippen molar-refractivity contribution in [2.24, 2.45) is 46.3 Å². The summed E-state index contributed by atoms with van der Waals surface area (Å²) < 4.78 is 33.7. The fraction of sp³-hybridized carbons (Fsp3) is 0.483. The molecule has 14 rings (SSSR count). The van der Waals surface area contributed by atoms with E-state index in [2.05, 4.69) is 123 Å². The van der Waals surface area contributed by atoms with Gasteiger partial charge in [-0.05, 0) is 161 Å². The molecule has 8 fully saturated rings. The van der Waals surface area contributed by atoms with Crippen LogP contribution in [0.15, 0.2) is 109 Å². The number of hydrogen-bond acceptors (Lipinski definition) is 0. The van der Waals surface area contributed by atoms with Crippen LogP contribution in [0.5, 0.6) is 0 Å². The van der Waals surface area contributed by atoms with Crippen LogP contribution >= 0.6 is 17.0 Å². The molecule has 0 aliphatic heterocycles. The Morgan fingerprint density at radius 1 is 0.569 bits per heavy atom. The molecular formula is C58H65Cl2F3SiZr. The van der Waals surface area contributed by atoms with Crippen molar-refractivity contribution in [1.29, 1.82) is 0 Å². The zero-order valence-electron chi connectivity index (χ0n) is 38.6. The number of rotatable bonds is 8. The van der Waals surface area contributed by atoms with Gasteiger partial charge in [0.1, 0.15) is 0 Å². The Labute approximate surface area is 408 Å². The van der Waals surface area contributed by atoms with Crippen molar-refractivity contribution in [3.63, 3.8) is 0 Å². The number of alkyl halides is 3. The molecule has 0 nitrogen and oxygen atoms in total. The second kappa shape index (κ2) is 20.3. The van der Waals surface area contributed by atoms with E-state index in [1.54, 1.807) is 56.2 Å². The fourth-order valence-corrected chi connectivity index (χ4v) is 15.4. The van der Waals surface area contributed by atoms with Crippen LogP contribution in [0.25, 0.3) is 43.8 Å². The van der Waals surface area contributed by atoms with Crippen LogP contribution in [0, 0.1) is 60.2 Å². The average Bonchev–Trinajstić information content (AvgIpc) is 3.86. The maximum atomic E-state index is 11.2. The third-order valence-corrected chi connectivity index (χ3v) is 17.2. The van der Waals surface area contributed by atoms with E-state index in [0.29, 0.717) is 20.3 Å². The quantitative estimate of drug-likeness (QED) is 0.105. The summed E-state index contributed by atoms with van der Waals surface area (Å²) in [6.07, 6.45) is 16.4. The van der Waals surface area contributed by atoms with Crippen LogP contribution in [-0.4, -0.2) is 15.7 Å². The Bertz CT molecular complexity index is 2280. The van der Waals surface area contributed by atoms with Crippen LogP contribution in [-0.2, 0) is 33.7 Å². The van der Waals surface area contributed by atoms with Crippen LogP contribution < -0.4 is 0 Å². The topological polar surface area (TPSA) is 0 Å². The molecule has 0 heterocycles. The average molecular weight is 1010 g/mol. The first-order chi connectivity index (χ1) is 31.3. The van der Waals surface area contributed by atoms with Gasteiger partial charge in [-0.3, -0.25) is 0 Å². The Balaban J connectivity index is 0.000000134. The number of hydrogen-bond donors (Lipinski definition) is 0. The maximum absolute atomic E-state index is 11.2. The number of aryl methyl sites for hydroxylation is 2. The third kappa shape index (κ3) is 11.4. The minimum atomic E-state index is -3.94. The summed E-state index contributed by atoms with van der Waals surface area (Å²) >= 11 is -0.826.